The highest BCUT2D eigenvalue weighted by atomic mass is 32.2. The van der Waals surface area contributed by atoms with E-state index in [9.17, 15) is 4.79 Å². The van der Waals surface area contributed by atoms with Gasteiger partial charge in [0.1, 0.15) is 6.04 Å². The van der Waals surface area contributed by atoms with Crippen LogP contribution >= 0.6 is 11.8 Å². The zero-order chi connectivity index (χ0) is 13.0. The standard InChI is InChI=1S/C10H17N5O2S/c1-2-5-11-8(9(16)17)6-18-10-12-13-14-15(10)7-3-4-7/h7-8,11H,2-6H2,1H3,(H,16,17). The third kappa shape index (κ3) is 3.42. The Bertz CT molecular complexity index is 407. The predicted molar refractivity (Wildman–Crippen MR) is 66.5 cm³/mol. The molecular formula is C10H17N5O2S. The van der Waals surface area contributed by atoms with Crippen LogP contribution in [0.3, 0.4) is 0 Å². The number of rotatable bonds is 8. The van der Waals surface area contributed by atoms with Gasteiger partial charge in [-0.1, -0.05) is 18.7 Å². The summed E-state index contributed by atoms with van der Waals surface area (Å²) in [4.78, 5) is 11.1. The maximum atomic E-state index is 11.1. The van der Waals surface area contributed by atoms with Crippen LogP contribution in [0.1, 0.15) is 32.2 Å². The summed E-state index contributed by atoms with van der Waals surface area (Å²) in [6, 6.07) is -0.145. The van der Waals surface area contributed by atoms with Crippen LogP contribution in [0.4, 0.5) is 0 Å². The van der Waals surface area contributed by atoms with Crippen LogP contribution in [-0.2, 0) is 4.79 Å². The second-order valence-electron chi connectivity index (χ2n) is 4.29. The third-order valence-corrected chi connectivity index (χ3v) is 3.70. The number of hydrogen-bond acceptors (Lipinski definition) is 6. The number of carboxylic acids is 1. The molecule has 2 rings (SSSR count). The van der Waals surface area contributed by atoms with Gasteiger partial charge < -0.3 is 10.4 Å². The molecule has 100 valence electrons. The highest BCUT2D eigenvalue weighted by Gasteiger charge is 2.28. The normalized spacial score (nSPS) is 16.7. The SMILES string of the molecule is CCCNC(CSc1nnnn1C1CC1)C(=O)O. The van der Waals surface area contributed by atoms with Crippen LogP contribution in [-0.4, -0.2) is 49.6 Å². The largest absolute Gasteiger partial charge is 0.480 e. The zero-order valence-electron chi connectivity index (χ0n) is 10.2. The highest BCUT2D eigenvalue weighted by Crippen LogP contribution is 2.36. The summed E-state index contributed by atoms with van der Waals surface area (Å²) in [5.74, 6) is -0.399. The van der Waals surface area contributed by atoms with Crippen molar-refractivity contribution in [2.24, 2.45) is 0 Å². The van der Waals surface area contributed by atoms with Crippen molar-refractivity contribution < 1.29 is 9.90 Å². The van der Waals surface area contributed by atoms with Gasteiger partial charge in [0.05, 0.1) is 6.04 Å². The predicted octanol–water partition coefficient (Wildman–Crippen LogP) is 0.553. The van der Waals surface area contributed by atoms with E-state index in [1.54, 1.807) is 4.68 Å². The Hall–Kier alpha value is -1.15. The minimum absolute atomic E-state index is 0.411. The van der Waals surface area contributed by atoms with Crippen LogP contribution < -0.4 is 5.32 Å². The first-order chi connectivity index (χ1) is 8.72. The zero-order valence-corrected chi connectivity index (χ0v) is 11.1. The lowest BCUT2D eigenvalue weighted by Gasteiger charge is -2.12. The first-order valence-corrected chi connectivity index (χ1v) is 7.07. The van der Waals surface area contributed by atoms with Gasteiger partial charge in [0.25, 0.3) is 0 Å². The average molecular weight is 271 g/mol. The van der Waals surface area contributed by atoms with Crippen molar-refractivity contribution in [3.63, 3.8) is 0 Å². The van der Waals surface area contributed by atoms with E-state index in [1.165, 1.54) is 11.8 Å². The van der Waals surface area contributed by atoms with E-state index in [4.69, 9.17) is 5.11 Å². The van der Waals surface area contributed by atoms with Gasteiger partial charge in [-0.15, -0.1) is 5.10 Å². The maximum absolute atomic E-state index is 11.1. The van der Waals surface area contributed by atoms with E-state index in [0.29, 0.717) is 23.5 Å². The number of tetrazole rings is 1. The molecule has 1 aromatic heterocycles. The molecule has 2 N–H and O–H groups in total. The topological polar surface area (TPSA) is 92.9 Å². The Morgan fingerprint density at radius 2 is 2.44 bits per heavy atom. The molecule has 18 heavy (non-hydrogen) atoms. The average Bonchev–Trinajstić information content (AvgIpc) is 3.09. The lowest BCUT2D eigenvalue weighted by atomic mass is 10.3. The summed E-state index contributed by atoms with van der Waals surface area (Å²) in [6.07, 6.45) is 3.12. The van der Waals surface area contributed by atoms with Crippen LogP contribution in [0.5, 0.6) is 0 Å². The fourth-order valence-electron chi connectivity index (χ4n) is 1.52. The van der Waals surface area contributed by atoms with Crippen molar-refractivity contribution in [3.8, 4) is 0 Å². The Morgan fingerprint density at radius 1 is 1.67 bits per heavy atom. The van der Waals surface area contributed by atoms with Crippen LogP contribution in [0.15, 0.2) is 5.16 Å². The molecule has 1 atom stereocenters. The minimum atomic E-state index is -0.832. The monoisotopic (exact) mass is 271 g/mol. The van der Waals surface area contributed by atoms with Gasteiger partial charge in [0.15, 0.2) is 0 Å². The molecule has 1 heterocycles. The molecule has 1 fully saturated rings. The van der Waals surface area contributed by atoms with E-state index >= 15 is 0 Å². The van der Waals surface area contributed by atoms with E-state index in [1.807, 2.05) is 6.92 Å². The fourth-order valence-corrected chi connectivity index (χ4v) is 2.51. The van der Waals surface area contributed by atoms with Crippen molar-refractivity contribution in [1.82, 2.24) is 25.5 Å². The Kier molecular flexibility index (Phi) is 4.54. The number of aromatic nitrogens is 4. The molecule has 0 aromatic carbocycles. The molecule has 1 aromatic rings. The van der Waals surface area contributed by atoms with Crippen LogP contribution in [0.25, 0.3) is 0 Å². The van der Waals surface area contributed by atoms with Gasteiger partial charge in [-0.25, -0.2) is 4.68 Å². The van der Waals surface area contributed by atoms with Crippen LogP contribution in [0.2, 0.25) is 0 Å². The second kappa shape index (κ2) is 6.14. The molecule has 0 amide bonds. The smallest absolute Gasteiger partial charge is 0.321 e. The molecule has 1 aliphatic rings. The number of carbonyl (C=O) groups is 1. The quantitative estimate of drug-likeness (QED) is 0.667. The van der Waals surface area contributed by atoms with Gasteiger partial charge >= 0.3 is 5.97 Å². The Morgan fingerprint density at radius 3 is 3.06 bits per heavy atom. The van der Waals surface area contributed by atoms with Gasteiger partial charge in [0, 0.05) is 5.75 Å². The summed E-state index contributed by atoms with van der Waals surface area (Å²) >= 11 is 1.39. The second-order valence-corrected chi connectivity index (χ2v) is 5.28. The van der Waals surface area contributed by atoms with Crippen molar-refractivity contribution in [1.29, 1.82) is 0 Å². The molecule has 0 radical (unpaired) electrons. The Labute approximate surface area is 109 Å². The summed E-state index contributed by atoms with van der Waals surface area (Å²) in [6.45, 7) is 2.71. The summed E-state index contributed by atoms with van der Waals surface area (Å²) < 4.78 is 1.80. The van der Waals surface area contributed by atoms with Gasteiger partial charge in [-0.3, -0.25) is 4.79 Å². The van der Waals surface area contributed by atoms with E-state index in [-0.39, 0.29) is 0 Å². The molecule has 0 aliphatic heterocycles. The van der Waals surface area contributed by atoms with Crippen molar-refractivity contribution in [3.05, 3.63) is 0 Å². The van der Waals surface area contributed by atoms with Crippen molar-refractivity contribution in [2.75, 3.05) is 12.3 Å². The van der Waals surface area contributed by atoms with E-state index in [2.05, 4.69) is 20.8 Å². The van der Waals surface area contributed by atoms with E-state index < -0.39 is 12.0 Å². The number of nitrogens with one attached hydrogen (secondary N) is 1. The lowest BCUT2D eigenvalue weighted by Crippen LogP contribution is -2.39. The Balaban J connectivity index is 1.87. The number of aliphatic carboxylic acids is 1. The molecule has 0 bridgehead atoms. The highest BCUT2D eigenvalue weighted by molar-refractivity contribution is 7.99. The molecule has 8 heteroatoms. The molecule has 1 unspecified atom stereocenters. The fraction of sp³-hybridized carbons (Fsp3) is 0.800. The number of hydrogen-bond donors (Lipinski definition) is 2. The molecule has 7 nitrogen and oxygen atoms in total. The number of thioether (sulfide) groups is 1. The summed E-state index contributed by atoms with van der Waals surface area (Å²) in [7, 11) is 0. The van der Waals surface area contributed by atoms with E-state index in [0.717, 1.165) is 19.3 Å². The molecule has 1 saturated carbocycles. The first kappa shape index (κ1) is 13.3. The molecule has 0 spiro atoms. The molecular weight excluding hydrogens is 254 g/mol. The first-order valence-electron chi connectivity index (χ1n) is 6.09. The van der Waals surface area contributed by atoms with Gasteiger partial charge in [0.2, 0.25) is 5.16 Å². The van der Waals surface area contributed by atoms with Gasteiger partial charge in [-0.2, -0.15) is 0 Å². The summed E-state index contributed by atoms with van der Waals surface area (Å²) in [5.41, 5.74) is 0. The number of nitrogens with zero attached hydrogens (tertiary/aromatic N) is 4. The molecule has 0 saturated heterocycles. The maximum Gasteiger partial charge on any atom is 0.321 e. The third-order valence-electron chi connectivity index (χ3n) is 2.67. The van der Waals surface area contributed by atoms with Crippen molar-refractivity contribution >= 4 is 17.7 Å². The molecule has 1 aliphatic carbocycles. The lowest BCUT2D eigenvalue weighted by molar-refractivity contribution is -0.138. The minimum Gasteiger partial charge on any atom is -0.480 e. The van der Waals surface area contributed by atoms with Crippen molar-refractivity contribution in [2.45, 2.75) is 43.4 Å². The summed E-state index contributed by atoms with van der Waals surface area (Å²) in [5, 5.41) is 24.3. The van der Waals surface area contributed by atoms with Crippen LogP contribution in [0, 0.1) is 0 Å². The number of carboxylic acid groups (broad SMARTS) is 1. The van der Waals surface area contributed by atoms with Gasteiger partial charge in [-0.05, 0) is 36.2 Å².